The average Bonchev–Trinajstić information content (AvgIpc) is 2.35. The van der Waals surface area contributed by atoms with Gasteiger partial charge in [-0.2, -0.15) is 0 Å². The minimum absolute atomic E-state index is 0.139. The largest absolute Gasteiger partial charge is 0.494 e. The van der Waals surface area contributed by atoms with E-state index >= 15 is 0 Å². The normalized spacial score (nSPS) is 14.9. The molecule has 1 N–H and O–H groups in total. The van der Waals surface area contributed by atoms with E-state index in [4.69, 9.17) is 4.74 Å². The highest BCUT2D eigenvalue weighted by molar-refractivity contribution is 5.29. The third-order valence-corrected chi connectivity index (χ3v) is 3.70. The molecule has 0 saturated heterocycles. The highest BCUT2D eigenvalue weighted by Gasteiger charge is 2.17. The molecule has 0 radical (unpaired) electrons. The molecule has 3 heteroatoms. The van der Waals surface area contributed by atoms with Gasteiger partial charge in [0.2, 0.25) is 0 Å². The van der Waals surface area contributed by atoms with Crippen molar-refractivity contribution < 1.29 is 9.13 Å². The Morgan fingerprint density at radius 1 is 1.20 bits per heavy atom. The first-order valence-corrected chi connectivity index (χ1v) is 7.30. The highest BCUT2D eigenvalue weighted by Crippen LogP contribution is 2.22. The Bertz CT molecular complexity index is 425. The molecule has 2 nitrogen and oxygen atoms in total. The summed E-state index contributed by atoms with van der Waals surface area (Å²) in [6.07, 6.45) is 0.883. The standard InChI is InChI=1S/C17H28FNO/c1-12(13(2)11-19-17(3,4)5)9-14-7-8-16(20-6)15(18)10-14/h7-8,10,12-13,19H,9,11H2,1-6H3. The molecule has 0 bridgehead atoms. The number of hydrogen-bond acceptors (Lipinski definition) is 2. The van der Waals surface area contributed by atoms with Gasteiger partial charge in [-0.25, -0.2) is 4.39 Å². The summed E-state index contributed by atoms with van der Waals surface area (Å²) < 4.78 is 18.6. The molecule has 20 heavy (non-hydrogen) atoms. The second-order valence-corrected chi connectivity index (χ2v) is 6.76. The highest BCUT2D eigenvalue weighted by atomic mass is 19.1. The molecule has 1 aromatic rings. The predicted molar refractivity (Wildman–Crippen MR) is 82.7 cm³/mol. The monoisotopic (exact) mass is 281 g/mol. The number of benzene rings is 1. The number of nitrogens with one attached hydrogen (secondary N) is 1. The fourth-order valence-electron chi connectivity index (χ4n) is 2.08. The third kappa shape index (κ3) is 5.49. The quantitative estimate of drug-likeness (QED) is 0.850. The molecule has 1 rings (SSSR count). The van der Waals surface area contributed by atoms with Crippen LogP contribution in [0.3, 0.4) is 0 Å². The van der Waals surface area contributed by atoms with Gasteiger partial charge in [0.15, 0.2) is 11.6 Å². The summed E-state index contributed by atoms with van der Waals surface area (Å²) in [5.41, 5.74) is 1.17. The van der Waals surface area contributed by atoms with Gasteiger partial charge in [-0.1, -0.05) is 19.9 Å². The summed E-state index contributed by atoms with van der Waals surface area (Å²) in [5, 5.41) is 3.52. The first-order chi connectivity index (χ1) is 9.23. The molecular formula is C17H28FNO. The summed E-state index contributed by atoms with van der Waals surface area (Å²) in [4.78, 5) is 0. The SMILES string of the molecule is COc1ccc(CC(C)C(C)CNC(C)(C)C)cc1F. The van der Waals surface area contributed by atoms with Crippen molar-refractivity contribution in [3.63, 3.8) is 0 Å². The first-order valence-electron chi connectivity index (χ1n) is 7.30. The van der Waals surface area contributed by atoms with Crippen molar-refractivity contribution in [3.05, 3.63) is 29.6 Å². The molecule has 0 aliphatic rings. The molecule has 2 unspecified atom stereocenters. The van der Waals surface area contributed by atoms with Crippen LogP contribution < -0.4 is 10.1 Å². The molecule has 0 aromatic heterocycles. The summed E-state index contributed by atoms with van der Waals surface area (Å²) in [5.74, 6) is 1.07. The van der Waals surface area contributed by atoms with Crippen LogP contribution in [0.1, 0.15) is 40.2 Å². The zero-order chi connectivity index (χ0) is 15.3. The third-order valence-electron chi connectivity index (χ3n) is 3.70. The molecule has 0 heterocycles. The van der Waals surface area contributed by atoms with Gasteiger partial charge < -0.3 is 10.1 Å². The smallest absolute Gasteiger partial charge is 0.165 e. The molecule has 114 valence electrons. The van der Waals surface area contributed by atoms with Crippen LogP contribution in [0.25, 0.3) is 0 Å². The van der Waals surface area contributed by atoms with E-state index in [1.165, 1.54) is 7.11 Å². The maximum absolute atomic E-state index is 13.7. The van der Waals surface area contributed by atoms with Crippen molar-refractivity contribution in [2.45, 2.75) is 46.6 Å². The van der Waals surface area contributed by atoms with Crippen LogP contribution in [0, 0.1) is 17.7 Å². The number of rotatable bonds is 6. The lowest BCUT2D eigenvalue weighted by Crippen LogP contribution is -2.40. The Hall–Kier alpha value is -1.09. The van der Waals surface area contributed by atoms with Gasteiger partial charge in [0.1, 0.15) is 0 Å². The van der Waals surface area contributed by atoms with Crippen molar-refractivity contribution in [1.29, 1.82) is 0 Å². The maximum atomic E-state index is 13.7. The van der Waals surface area contributed by atoms with Gasteiger partial charge in [-0.15, -0.1) is 0 Å². The maximum Gasteiger partial charge on any atom is 0.165 e. The van der Waals surface area contributed by atoms with Gasteiger partial charge in [0.05, 0.1) is 7.11 Å². The van der Waals surface area contributed by atoms with Crippen LogP contribution in [0.5, 0.6) is 5.75 Å². The molecule has 0 amide bonds. The molecular weight excluding hydrogens is 253 g/mol. The van der Waals surface area contributed by atoms with Crippen molar-refractivity contribution in [1.82, 2.24) is 5.32 Å². The van der Waals surface area contributed by atoms with Crippen LogP contribution in [-0.2, 0) is 6.42 Å². The number of ether oxygens (including phenoxy) is 1. The van der Waals surface area contributed by atoms with E-state index in [0.29, 0.717) is 17.6 Å². The molecule has 0 spiro atoms. The summed E-state index contributed by atoms with van der Waals surface area (Å²) in [7, 11) is 1.49. The van der Waals surface area contributed by atoms with Crippen molar-refractivity contribution in [2.24, 2.45) is 11.8 Å². The minimum atomic E-state index is -0.280. The molecule has 0 aliphatic carbocycles. The molecule has 0 aliphatic heterocycles. The Balaban J connectivity index is 2.57. The fraction of sp³-hybridized carbons (Fsp3) is 0.647. The lowest BCUT2D eigenvalue weighted by atomic mass is 9.89. The number of halogens is 1. The zero-order valence-corrected chi connectivity index (χ0v) is 13.6. The van der Waals surface area contributed by atoms with E-state index in [-0.39, 0.29) is 11.4 Å². The van der Waals surface area contributed by atoms with E-state index in [0.717, 1.165) is 18.5 Å². The minimum Gasteiger partial charge on any atom is -0.494 e. The van der Waals surface area contributed by atoms with Gasteiger partial charge >= 0.3 is 0 Å². The van der Waals surface area contributed by atoms with Crippen LogP contribution in [-0.4, -0.2) is 19.2 Å². The van der Waals surface area contributed by atoms with Crippen molar-refractivity contribution >= 4 is 0 Å². The average molecular weight is 281 g/mol. The molecule has 0 fully saturated rings. The lowest BCUT2D eigenvalue weighted by Gasteiger charge is -2.26. The second-order valence-electron chi connectivity index (χ2n) is 6.76. The Labute approximate surface area is 122 Å². The number of methoxy groups -OCH3 is 1. The van der Waals surface area contributed by atoms with E-state index in [1.807, 2.05) is 6.07 Å². The fourth-order valence-corrected chi connectivity index (χ4v) is 2.08. The molecule has 2 atom stereocenters. The topological polar surface area (TPSA) is 21.3 Å². The Morgan fingerprint density at radius 3 is 2.35 bits per heavy atom. The van der Waals surface area contributed by atoms with Gasteiger partial charge in [-0.05, 0) is 63.3 Å². The van der Waals surface area contributed by atoms with Crippen LogP contribution in [0.15, 0.2) is 18.2 Å². The van der Waals surface area contributed by atoms with Gasteiger partial charge in [0, 0.05) is 5.54 Å². The zero-order valence-electron chi connectivity index (χ0n) is 13.6. The lowest BCUT2D eigenvalue weighted by molar-refractivity contribution is 0.317. The Morgan fingerprint density at radius 2 is 1.85 bits per heavy atom. The van der Waals surface area contributed by atoms with Crippen molar-refractivity contribution in [2.75, 3.05) is 13.7 Å². The predicted octanol–water partition coefficient (Wildman–Crippen LogP) is 4.04. The second kappa shape index (κ2) is 7.07. The summed E-state index contributed by atoms with van der Waals surface area (Å²) in [6.45, 7) is 11.9. The van der Waals surface area contributed by atoms with E-state index in [9.17, 15) is 4.39 Å². The van der Waals surface area contributed by atoms with E-state index in [2.05, 4.69) is 39.9 Å². The van der Waals surface area contributed by atoms with Crippen LogP contribution in [0.2, 0.25) is 0 Å². The van der Waals surface area contributed by atoms with Crippen molar-refractivity contribution in [3.8, 4) is 5.75 Å². The van der Waals surface area contributed by atoms with E-state index < -0.39 is 0 Å². The summed E-state index contributed by atoms with van der Waals surface area (Å²) >= 11 is 0. The summed E-state index contributed by atoms with van der Waals surface area (Å²) in [6, 6.07) is 5.23. The van der Waals surface area contributed by atoms with Crippen LogP contribution in [0.4, 0.5) is 4.39 Å². The van der Waals surface area contributed by atoms with Gasteiger partial charge in [0.25, 0.3) is 0 Å². The first kappa shape index (κ1) is 17.0. The van der Waals surface area contributed by atoms with Crippen LogP contribution >= 0.6 is 0 Å². The molecule has 1 aromatic carbocycles. The molecule has 0 saturated carbocycles. The van der Waals surface area contributed by atoms with Gasteiger partial charge in [-0.3, -0.25) is 0 Å². The Kier molecular flexibility index (Phi) is 6.00. The van der Waals surface area contributed by atoms with E-state index in [1.54, 1.807) is 12.1 Å². The number of hydrogen-bond donors (Lipinski definition) is 1.